The van der Waals surface area contributed by atoms with Crippen molar-refractivity contribution in [3.05, 3.63) is 166 Å². The molecule has 0 aliphatic heterocycles. The Morgan fingerprint density at radius 3 is 0.673 bits per heavy atom. The van der Waals surface area contributed by atoms with Crippen LogP contribution in [0.4, 0.5) is 0 Å². The van der Waals surface area contributed by atoms with Crippen molar-refractivity contribution in [1.82, 2.24) is 0 Å². The summed E-state index contributed by atoms with van der Waals surface area (Å²) in [6, 6.07) is 44.0. The summed E-state index contributed by atoms with van der Waals surface area (Å²) in [7, 11) is 7.15. The molecule has 0 N–H and O–H groups in total. The number of methoxy groups -OCH3 is 4. The molecule has 1 aliphatic carbocycles. The van der Waals surface area contributed by atoms with E-state index in [1.165, 1.54) is 43.8 Å². The van der Waals surface area contributed by atoms with E-state index in [2.05, 4.69) is 121 Å². The van der Waals surface area contributed by atoms with E-state index in [4.69, 9.17) is 18.9 Å². The highest BCUT2D eigenvalue weighted by Gasteiger charge is 2.23. The lowest BCUT2D eigenvalue weighted by atomic mass is 9.86. The van der Waals surface area contributed by atoms with Gasteiger partial charge in [0.05, 0.1) is 28.4 Å². The van der Waals surface area contributed by atoms with Gasteiger partial charge < -0.3 is 18.9 Å². The van der Waals surface area contributed by atoms with Gasteiger partial charge in [0.15, 0.2) is 0 Å². The van der Waals surface area contributed by atoms with E-state index in [1.54, 1.807) is 28.4 Å². The van der Waals surface area contributed by atoms with Crippen LogP contribution in [0.15, 0.2) is 121 Å². The molecule has 0 spiro atoms. The summed E-state index contributed by atoms with van der Waals surface area (Å²) in [5, 5.41) is 9.22. The Morgan fingerprint density at radius 1 is 0.269 bits per heavy atom. The van der Waals surface area contributed by atoms with Crippen LogP contribution in [-0.2, 0) is 25.7 Å². The predicted molar refractivity (Wildman–Crippen MR) is 213 cm³/mol. The minimum Gasteiger partial charge on any atom is -0.496 e. The Labute approximate surface area is 304 Å². The lowest BCUT2D eigenvalue weighted by Crippen LogP contribution is -2.05. The lowest BCUT2D eigenvalue weighted by molar-refractivity contribution is 0.410. The van der Waals surface area contributed by atoms with Crippen LogP contribution in [0.5, 0.6) is 23.0 Å². The third kappa shape index (κ3) is 5.12. The SMILES string of the molecule is COc1c2cc(c3ccccc13)Cc1cc(c(OC)c3ccccc13)Cc1cc(c3ccccc3c1OC)Cc1cc(c(OC)c3ccccc13)C2. The van der Waals surface area contributed by atoms with Gasteiger partial charge in [-0.15, -0.1) is 0 Å². The predicted octanol–water partition coefficient (Wildman–Crippen LogP) is 11.0. The molecule has 0 radical (unpaired) electrons. The Balaban J connectivity index is 1.41. The lowest BCUT2D eigenvalue weighted by Gasteiger charge is -2.22. The first-order valence-corrected chi connectivity index (χ1v) is 17.9. The normalized spacial score (nSPS) is 12.7. The first-order chi connectivity index (χ1) is 25.6. The highest BCUT2D eigenvalue weighted by atomic mass is 16.5. The molecule has 52 heavy (non-hydrogen) atoms. The maximum atomic E-state index is 6.25. The minimum atomic E-state index is 0.658. The molecular formula is C48H40O4. The van der Waals surface area contributed by atoms with Crippen LogP contribution in [0.2, 0.25) is 0 Å². The molecule has 0 aromatic heterocycles. The molecule has 0 unspecified atom stereocenters. The molecule has 8 aromatic carbocycles. The molecule has 0 amide bonds. The molecule has 8 bridgehead atoms. The second-order valence-electron chi connectivity index (χ2n) is 13.8. The summed E-state index contributed by atoms with van der Waals surface area (Å²) >= 11 is 0. The van der Waals surface area contributed by atoms with Gasteiger partial charge in [0.2, 0.25) is 0 Å². The summed E-state index contributed by atoms with van der Waals surface area (Å²) in [5.41, 5.74) is 9.57. The van der Waals surface area contributed by atoms with Gasteiger partial charge in [-0.3, -0.25) is 0 Å². The van der Waals surface area contributed by atoms with E-state index in [0.29, 0.717) is 12.8 Å². The average Bonchev–Trinajstić information content (AvgIpc) is 3.18. The summed E-state index contributed by atoms with van der Waals surface area (Å²) in [5.74, 6) is 3.62. The van der Waals surface area contributed by atoms with Crippen molar-refractivity contribution in [2.75, 3.05) is 28.4 Å². The summed E-state index contributed by atoms with van der Waals surface area (Å²) < 4.78 is 25.0. The molecule has 8 aromatic rings. The molecule has 0 fully saturated rings. The quantitative estimate of drug-likeness (QED) is 0.185. The monoisotopic (exact) mass is 680 g/mol. The molecule has 4 heteroatoms. The zero-order valence-electron chi connectivity index (χ0n) is 30.0. The average molecular weight is 681 g/mol. The third-order valence-electron chi connectivity index (χ3n) is 11.0. The molecule has 1 aliphatic rings. The van der Waals surface area contributed by atoms with E-state index in [9.17, 15) is 0 Å². The highest BCUT2D eigenvalue weighted by molar-refractivity contribution is 5.98. The van der Waals surface area contributed by atoms with Gasteiger partial charge in [-0.25, -0.2) is 0 Å². The van der Waals surface area contributed by atoms with Crippen molar-refractivity contribution < 1.29 is 18.9 Å². The van der Waals surface area contributed by atoms with Crippen LogP contribution in [0.1, 0.15) is 44.5 Å². The topological polar surface area (TPSA) is 36.9 Å². The first-order valence-electron chi connectivity index (χ1n) is 17.9. The Kier molecular flexibility index (Phi) is 7.96. The van der Waals surface area contributed by atoms with Crippen molar-refractivity contribution >= 4 is 43.1 Å². The van der Waals surface area contributed by atoms with Crippen LogP contribution >= 0.6 is 0 Å². The molecule has 0 atom stereocenters. The van der Waals surface area contributed by atoms with Crippen molar-refractivity contribution in [3.63, 3.8) is 0 Å². The fraction of sp³-hybridized carbons (Fsp3) is 0.167. The van der Waals surface area contributed by atoms with Crippen LogP contribution in [-0.4, -0.2) is 28.4 Å². The molecule has 0 saturated carbocycles. The fourth-order valence-electron chi connectivity index (χ4n) is 8.85. The maximum absolute atomic E-state index is 6.25. The Bertz CT molecular complexity index is 2320. The largest absolute Gasteiger partial charge is 0.496 e. The number of ether oxygens (including phenoxy) is 4. The van der Waals surface area contributed by atoms with Crippen LogP contribution in [0.25, 0.3) is 43.1 Å². The number of rotatable bonds is 4. The van der Waals surface area contributed by atoms with E-state index in [0.717, 1.165) is 79.6 Å². The zero-order chi connectivity index (χ0) is 35.3. The Hall–Kier alpha value is -6.00. The number of hydrogen-bond donors (Lipinski definition) is 0. The van der Waals surface area contributed by atoms with Gasteiger partial charge >= 0.3 is 0 Å². The number of benzene rings is 8. The minimum absolute atomic E-state index is 0.658. The molecule has 9 rings (SSSR count). The fourth-order valence-corrected chi connectivity index (χ4v) is 8.85. The van der Waals surface area contributed by atoms with Crippen molar-refractivity contribution in [3.8, 4) is 23.0 Å². The van der Waals surface area contributed by atoms with E-state index in [1.807, 2.05) is 0 Å². The van der Waals surface area contributed by atoms with Crippen LogP contribution in [0.3, 0.4) is 0 Å². The molecule has 256 valence electrons. The van der Waals surface area contributed by atoms with Crippen molar-refractivity contribution in [2.45, 2.75) is 25.7 Å². The van der Waals surface area contributed by atoms with Gasteiger partial charge in [-0.2, -0.15) is 0 Å². The van der Waals surface area contributed by atoms with Gasteiger partial charge in [0.25, 0.3) is 0 Å². The van der Waals surface area contributed by atoms with Crippen LogP contribution < -0.4 is 18.9 Å². The number of hydrogen-bond acceptors (Lipinski definition) is 4. The molecule has 0 heterocycles. The van der Waals surface area contributed by atoms with E-state index >= 15 is 0 Å². The molecule has 4 nitrogen and oxygen atoms in total. The summed E-state index contributed by atoms with van der Waals surface area (Å²) in [6.07, 6.45) is 2.81. The van der Waals surface area contributed by atoms with E-state index < -0.39 is 0 Å². The summed E-state index contributed by atoms with van der Waals surface area (Å²) in [6.45, 7) is 0. The first kappa shape index (κ1) is 31.9. The Morgan fingerprint density at radius 2 is 0.462 bits per heavy atom. The standard InChI is InChI=1S/C48H40O4/c1-49-45-33-23-29(37-13-5-9-17-41(37)45)21-30-25-35(47(51-3)43-19-11-7-14-38(30)43)28-36-26-32(40-16-8-12-20-44(40)48(36)52-4)22-31-24-34(27-33)46(50-2)42-18-10-6-15-39(31)42/h5-20,23-26H,21-22,27-28H2,1-4H3. The van der Waals surface area contributed by atoms with Crippen LogP contribution in [0, 0.1) is 0 Å². The van der Waals surface area contributed by atoms with Gasteiger partial charge in [0.1, 0.15) is 23.0 Å². The second kappa shape index (κ2) is 13.0. The number of fused-ring (bicyclic) bond motifs is 16. The maximum Gasteiger partial charge on any atom is 0.130 e. The smallest absolute Gasteiger partial charge is 0.130 e. The van der Waals surface area contributed by atoms with E-state index in [-0.39, 0.29) is 0 Å². The van der Waals surface area contributed by atoms with Crippen molar-refractivity contribution in [1.29, 1.82) is 0 Å². The van der Waals surface area contributed by atoms with Gasteiger partial charge in [-0.05, 0) is 78.9 Å². The highest BCUT2D eigenvalue weighted by Crippen LogP contribution is 2.43. The molecule has 0 saturated heterocycles. The second-order valence-corrected chi connectivity index (χ2v) is 13.8. The third-order valence-corrected chi connectivity index (χ3v) is 11.0. The zero-order valence-corrected chi connectivity index (χ0v) is 30.0. The van der Waals surface area contributed by atoms with Gasteiger partial charge in [0, 0.05) is 34.4 Å². The summed E-state index contributed by atoms with van der Waals surface area (Å²) in [4.78, 5) is 0. The van der Waals surface area contributed by atoms with Crippen molar-refractivity contribution in [2.24, 2.45) is 0 Å². The van der Waals surface area contributed by atoms with Gasteiger partial charge in [-0.1, -0.05) is 121 Å². The molecular weight excluding hydrogens is 641 g/mol.